The lowest BCUT2D eigenvalue weighted by Crippen LogP contribution is -2.41. The number of carbonyl (C=O) groups is 1. The van der Waals surface area contributed by atoms with Crippen molar-refractivity contribution in [3.05, 3.63) is 35.5 Å². The zero-order valence-corrected chi connectivity index (χ0v) is 17.5. The molecule has 30 heavy (non-hydrogen) atoms. The first-order valence-corrected chi connectivity index (χ1v) is 10.6. The summed E-state index contributed by atoms with van der Waals surface area (Å²) in [4.78, 5) is 29.9. The maximum atomic E-state index is 14.4. The van der Waals surface area contributed by atoms with Gasteiger partial charge in [0.1, 0.15) is 5.65 Å². The second-order valence-corrected chi connectivity index (χ2v) is 8.06. The van der Waals surface area contributed by atoms with Gasteiger partial charge in [-0.25, -0.2) is 19.3 Å². The number of halogens is 2. The van der Waals surface area contributed by atoms with E-state index in [0.29, 0.717) is 41.6 Å². The molecule has 4 heterocycles. The van der Waals surface area contributed by atoms with Gasteiger partial charge in [0.05, 0.1) is 11.2 Å². The number of carbonyl (C=O) groups excluding carboxylic acids is 1. The smallest absolute Gasteiger partial charge is 0.222 e. The quantitative estimate of drug-likeness (QED) is 0.610. The highest BCUT2D eigenvalue weighted by Crippen LogP contribution is 2.28. The third-order valence-electron chi connectivity index (χ3n) is 5.38. The minimum Gasteiger partial charge on any atom is -0.367 e. The van der Waals surface area contributed by atoms with E-state index in [0.717, 1.165) is 31.2 Å². The average molecular weight is 431 g/mol. The molecule has 0 aromatic carbocycles. The van der Waals surface area contributed by atoms with Crippen molar-refractivity contribution >= 4 is 34.4 Å². The maximum Gasteiger partial charge on any atom is 0.222 e. The molecule has 4 rings (SSSR count). The van der Waals surface area contributed by atoms with Crippen LogP contribution in [-0.4, -0.2) is 50.4 Å². The summed E-state index contributed by atoms with van der Waals surface area (Å²) in [6.07, 6.45) is 7.84. The highest BCUT2D eigenvalue weighted by molar-refractivity contribution is 6.31. The average Bonchev–Trinajstić information content (AvgIpc) is 3.16. The molecule has 3 aromatic heterocycles. The molecule has 1 aliphatic rings. The van der Waals surface area contributed by atoms with E-state index in [9.17, 15) is 9.18 Å². The van der Waals surface area contributed by atoms with E-state index in [1.807, 2.05) is 11.8 Å². The van der Waals surface area contributed by atoms with Gasteiger partial charge >= 0.3 is 0 Å². The van der Waals surface area contributed by atoms with Crippen LogP contribution in [0.25, 0.3) is 22.4 Å². The maximum absolute atomic E-state index is 14.4. The van der Waals surface area contributed by atoms with E-state index in [2.05, 4.69) is 25.3 Å². The zero-order chi connectivity index (χ0) is 21.1. The molecule has 3 aromatic rings. The Bertz CT molecular complexity index is 1060. The zero-order valence-electron chi connectivity index (χ0n) is 16.8. The Morgan fingerprint density at radius 3 is 3.10 bits per heavy atom. The number of nitrogens with one attached hydrogen (secondary N) is 2. The molecule has 1 atom stereocenters. The van der Waals surface area contributed by atoms with Crippen molar-refractivity contribution < 1.29 is 9.18 Å². The highest BCUT2D eigenvalue weighted by atomic mass is 35.5. The van der Waals surface area contributed by atoms with Crippen molar-refractivity contribution in [1.29, 1.82) is 0 Å². The van der Waals surface area contributed by atoms with Crippen molar-refractivity contribution in [1.82, 2.24) is 24.8 Å². The number of amides is 1. The van der Waals surface area contributed by atoms with Gasteiger partial charge in [-0.15, -0.1) is 0 Å². The highest BCUT2D eigenvalue weighted by Gasteiger charge is 2.23. The molecule has 1 fully saturated rings. The van der Waals surface area contributed by atoms with E-state index < -0.39 is 5.82 Å². The fraction of sp³-hybridized carbons (Fsp3) is 0.429. The SMILES string of the molecule is CCCC(=O)N1CCCC(CNc2nc(-c3c[nH]c4ncc(Cl)cc34)ncc2F)C1. The molecule has 2 N–H and O–H groups in total. The number of likely N-dealkylation sites (tertiary alicyclic amines) is 1. The van der Waals surface area contributed by atoms with Gasteiger partial charge in [-0.3, -0.25) is 4.79 Å². The van der Waals surface area contributed by atoms with Gasteiger partial charge in [0, 0.05) is 49.4 Å². The summed E-state index contributed by atoms with van der Waals surface area (Å²) in [5.41, 5.74) is 1.37. The Kier molecular flexibility index (Phi) is 6.13. The van der Waals surface area contributed by atoms with E-state index >= 15 is 0 Å². The van der Waals surface area contributed by atoms with E-state index in [1.165, 1.54) is 6.20 Å². The van der Waals surface area contributed by atoms with Crippen molar-refractivity contribution in [3.63, 3.8) is 0 Å². The van der Waals surface area contributed by atoms with Crippen molar-refractivity contribution in [2.75, 3.05) is 25.0 Å². The summed E-state index contributed by atoms with van der Waals surface area (Å²) in [7, 11) is 0. The number of hydrogen-bond acceptors (Lipinski definition) is 5. The van der Waals surface area contributed by atoms with Gasteiger partial charge in [0.15, 0.2) is 17.5 Å². The number of pyridine rings is 1. The Morgan fingerprint density at radius 1 is 1.40 bits per heavy atom. The normalized spacial score (nSPS) is 16.8. The summed E-state index contributed by atoms with van der Waals surface area (Å²) in [5, 5.41) is 4.40. The molecule has 0 bridgehead atoms. The Hall–Kier alpha value is -2.74. The summed E-state index contributed by atoms with van der Waals surface area (Å²) in [6.45, 7) is 4.05. The summed E-state index contributed by atoms with van der Waals surface area (Å²) in [5.74, 6) is 0.487. The van der Waals surface area contributed by atoms with Crippen LogP contribution in [0.3, 0.4) is 0 Å². The van der Waals surface area contributed by atoms with Crippen LogP contribution in [0.1, 0.15) is 32.6 Å². The minimum atomic E-state index is -0.510. The van der Waals surface area contributed by atoms with Crippen LogP contribution in [0, 0.1) is 11.7 Å². The molecule has 0 saturated carbocycles. The van der Waals surface area contributed by atoms with Gasteiger partial charge in [-0.05, 0) is 31.2 Å². The first-order chi connectivity index (χ1) is 14.5. The van der Waals surface area contributed by atoms with Gasteiger partial charge in [-0.2, -0.15) is 0 Å². The van der Waals surface area contributed by atoms with Crippen molar-refractivity contribution in [2.45, 2.75) is 32.6 Å². The number of hydrogen-bond donors (Lipinski definition) is 2. The molecule has 1 aliphatic heterocycles. The molecular weight excluding hydrogens is 407 g/mol. The predicted molar refractivity (Wildman–Crippen MR) is 115 cm³/mol. The number of H-pyrrole nitrogens is 1. The molecule has 7 nitrogen and oxygen atoms in total. The number of aromatic nitrogens is 4. The minimum absolute atomic E-state index is 0.154. The molecule has 1 unspecified atom stereocenters. The number of nitrogens with zero attached hydrogens (tertiary/aromatic N) is 4. The molecule has 0 spiro atoms. The number of anilines is 1. The molecule has 0 aliphatic carbocycles. The van der Waals surface area contributed by atoms with E-state index in [1.54, 1.807) is 18.5 Å². The van der Waals surface area contributed by atoms with Crippen LogP contribution in [0.5, 0.6) is 0 Å². The van der Waals surface area contributed by atoms with Gasteiger partial charge in [0.25, 0.3) is 0 Å². The fourth-order valence-electron chi connectivity index (χ4n) is 3.85. The Labute approximate surface area is 179 Å². The first kappa shape index (κ1) is 20.5. The second kappa shape index (κ2) is 8.95. The van der Waals surface area contributed by atoms with E-state index in [-0.39, 0.29) is 17.6 Å². The third kappa shape index (κ3) is 4.38. The molecule has 1 saturated heterocycles. The summed E-state index contributed by atoms with van der Waals surface area (Å²) < 4.78 is 14.4. The molecule has 1 amide bonds. The van der Waals surface area contributed by atoms with Gasteiger partial charge < -0.3 is 15.2 Å². The predicted octanol–water partition coefficient (Wildman–Crippen LogP) is 4.26. The first-order valence-electron chi connectivity index (χ1n) is 10.2. The number of fused-ring (bicyclic) bond motifs is 1. The Morgan fingerprint density at radius 2 is 2.27 bits per heavy atom. The van der Waals surface area contributed by atoms with Crippen LogP contribution in [0.4, 0.5) is 10.2 Å². The van der Waals surface area contributed by atoms with Crippen molar-refractivity contribution in [2.24, 2.45) is 5.92 Å². The van der Waals surface area contributed by atoms with Crippen LogP contribution < -0.4 is 5.32 Å². The topological polar surface area (TPSA) is 86.8 Å². The molecule has 0 radical (unpaired) electrons. The standard InChI is InChI=1S/C21H24ClFN6O/c1-2-4-18(30)29-6-3-5-13(12-29)8-24-21-17(23)11-27-20(28-21)16-10-26-19-15(16)7-14(22)9-25-19/h7,9-11,13H,2-6,8,12H2,1H3,(H,25,26)(H,24,27,28). The van der Waals surface area contributed by atoms with Gasteiger partial charge in [-0.1, -0.05) is 18.5 Å². The number of aromatic amines is 1. The van der Waals surface area contributed by atoms with Crippen LogP contribution >= 0.6 is 11.6 Å². The van der Waals surface area contributed by atoms with Crippen LogP contribution in [-0.2, 0) is 4.79 Å². The van der Waals surface area contributed by atoms with Gasteiger partial charge in [0.2, 0.25) is 5.91 Å². The van der Waals surface area contributed by atoms with Crippen molar-refractivity contribution in [3.8, 4) is 11.4 Å². The summed E-state index contributed by atoms with van der Waals surface area (Å²) in [6, 6.07) is 1.78. The lowest BCUT2D eigenvalue weighted by Gasteiger charge is -2.33. The van der Waals surface area contributed by atoms with Crippen LogP contribution in [0.15, 0.2) is 24.7 Å². The van der Waals surface area contributed by atoms with E-state index in [4.69, 9.17) is 11.6 Å². The second-order valence-electron chi connectivity index (χ2n) is 7.62. The Balaban J connectivity index is 1.49. The molecule has 158 valence electrons. The number of rotatable bonds is 6. The lowest BCUT2D eigenvalue weighted by atomic mass is 9.97. The fourth-order valence-corrected chi connectivity index (χ4v) is 4.01. The largest absolute Gasteiger partial charge is 0.367 e. The van der Waals surface area contributed by atoms with Crippen LogP contribution in [0.2, 0.25) is 5.02 Å². The third-order valence-corrected chi connectivity index (χ3v) is 5.58. The molecule has 9 heteroatoms. The summed E-state index contributed by atoms with van der Waals surface area (Å²) >= 11 is 6.06. The monoisotopic (exact) mass is 430 g/mol. The molecular formula is C21H24ClFN6O. The number of piperidine rings is 1. The lowest BCUT2D eigenvalue weighted by molar-refractivity contribution is -0.132.